The quantitative estimate of drug-likeness (QED) is 0.602. The van der Waals surface area contributed by atoms with Gasteiger partial charge in [0.15, 0.2) is 5.29 Å². The summed E-state index contributed by atoms with van der Waals surface area (Å²) in [7, 11) is 0. The smallest absolute Gasteiger partial charge is 0.198 e. The van der Waals surface area contributed by atoms with Crippen LogP contribution in [0.1, 0.15) is 18.8 Å². The van der Waals surface area contributed by atoms with Gasteiger partial charge in [-0.15, -0.1) is 0 Å². The van der Waals surface area contributed by atoms with Crippen molar-refractivity contribution in [3.63, 3.8) is 0 Å². The molecule has 7 heteroatoms. The number of aliphatic hydroxyl groups excluding tert-OH is 1. The van der Waals surface area contributed by atoms with Crippen LogP contribution in [0, 0.1) is 0 Å². The van der Waals surface area contributed by atoms with E-state index in [2.05, 4.69) is 20.6 Å². The molecule has 0 fully saturated rings. The van der Waals surface area contributed by atoms with E-state index in [9.17, 15) is 5.11 Å². The lowest BCUT2D eigenvalue weighted by atomic mass is 10.2. The van der Waals surface area contributed by atoms with Gasteiger partial charge in [0.25, 0.3) is 0 Å². The maximum atomic E-state index is 9.18. The van der Waals surface area contributed by atoms with Crippen LogP contribution in [0.2, 0.25) is 0 Å². The number of para-hydroxylation sites is 1. The lowest BCUT2D eigenvalue weighted by Crippen LogP contribution is -2.35. The van der Waals surface area contributed by atoms with E-state index in [-0.39, 0.29) is 18.8 Å². The Morgan fingerprint density at radius 2 is 1.70 bits per heavy atom. The first-order chi connectivity index (χ1) is 13.2. The molecule has 0 aliphatic carbocycles. The normalized spacial score (nSPS) is 16.3. The number of amidine groups is 1. The largest absolute Gasteiger partial charge is 0.395 e. The molecule has 6 nitrogen and oxygen atoms in total. The van der Waals surface area contributed by atoms with Crippen LogP contribution >= 0.6 is 11.6 Å². The van der Waals surface area contributed by atoms with Crippen LogP contribution in [0.25, 0.3) is 5.69 Å². The Labute approximate surface area is 163 Å². The minimum absolute atomic E-state index is 0.0196. The molecule has 1 aliphatic rings. The van der Waals surface area contributed by atoms with Gasteiger partial charge in [0.1, 0.15) is 24.0 Å². The molecule has 140 valence electrons. The van der Waals surface area contributed by atoms with Crippen molar-refractivity contribution >= 4 is 22.7 Å². The standard InChI is InChI=1S/C14H16ClN5O.C6H6/c1-9(7-21)17-12-11-13(19-14(15)18-12)20(8-16-11)10-5-3-2-4-6-10;1-2-4-6-5-3-1/h2-6,8-9,12,17,21H,7H2,1H3,(H,18,19);1-6H/t9?,12-;/m0./s1. The van der Waals surface area contributed by atoms with E-state index in [1.54, 1.807) is 6.33 Å². The molecular formula is C20H22ClN5O. The van der Waals surface area contributed by atoms with Crippen molar-refractivity contribution in [3.8, 4) is 5.69 Å². The Morgan fingerprint density at radius 1 is 1.11 bits per heavy atom. The highest BCUT2D eigenvalue weighted by molar-refractivity contribution is 6.67. The van der Waals surface area contributed by atoms with Crippen LogP contribution in [-0.2, 0) is 0 Å². The summed E-state index contributed by atoms with van der Waals surface area (Å²) in [4.78, 5) is 8.72. The summed E-state index contributed by atoms with van der Waals surface area (Å²) in [5.74, 6) is 0.781. The topological polar surface area (TPSA) is 74.5 Å². The Kier molecular flexibility index (Phi) is 6.59. The molecule has 3 N–H and O–H groups in total. The average Bonchev–Trinajstić information content (AvgIpc) is 3.14. The number of halogens is 1. The number of nitrogens with one attached hydrogen (secondary N) is 2. The minimum atomic E-state index is -0.374. The van der Waals surface area contributed by atoms with Crippen LogP contribution in [-0.4, -0.2) is 32.6 Å². The fraction of sp³-hybridized carbons (Fsp3) is 0.200. The van der Waals surface area contributed by atoms with E-state index >= 15 is 0 Å². The second-order valence-electron chi connectivity index (χ2n) is 6.04. The highest BCUT2D eigenvalue weighted by Gasteiger charge is 2.26. The van der Waals surface area contributed by atoms with Gasteiger partial charge in [0.05, 0.1) is 6.61 Å². The molecule has 1 aromatic heterocycles. The number of aliphatic hydroxyl groups is 1. The first-order valence-electron chi connectivity index (χ1n) is 8.69. The average molecular weight is 384 g/mol. The molecule has 0 amide bonds. The first kappa shape index (κ1) is 19.1. The van der Waals surface area contributed by atoms with E-state index in [0.29, 0.717) is 5.29 Å². The lowest BCUT2D eigenvalue weighted by Gasteiger charge is -2.23. The molecular weight excluding hydrogens is 362 g/mol. The van der Waals surface area contributed by atoms with Gasteiger partial charge in [-0.1, -0.05) is 54.6 Å². The summed E-state index contributed by atoms with van der Waals surface area (Å²) < 4.78 is 1.92. The van der Waals surface area contributed by atoms with Gasteiger partial charge in [-0.2, -0.15) is 0 Å². The van der Waals surface area contributed by atoms with Crippen molar-refractivity contribution in [1.29, 1.82) is 0 Å². The van der Waals surface area contributed by atoms with Crippen molar-refractivity contribution in [3.05, 3.63) is 78.8 Å². The van der Waals surface area contributed by atoms with E-state index in [1.807, 2.05) is 78.2 Å². The number of nitrogens with zero attached hydrogens (tertiary/aromatic N) is 3. The van der Waals surface area contributed by atoms with Gasteiger partial charge >= 0.3 is 0 Å². The second-order valence-corrected chi connectivity index (χ2v) is 6.39. The fourth-order valence-electron chi connectivity index (χ4n) is 2.60. The van der Waals surface area contributed by atoms with Crippen molar-refractivity contribution in [1.82, 2.24) is 14.9 Å². The SMILES string of the molecule is CC(CO)N[C@H]1N=C(Cl)Nc2c1ncn2-c1ccccc1.c1ccccc1. The molecule has 4 rings (SSSR count). The maximum absolute atomic E-state index is 9.18. The molecule has 2 atom stereocenters. The van der Waals surface area contributed by atoms with Crippen LogP contribution in [0.4, 0.5) is 5.82 Å². The summed E-state index contributed by atoms with van der Waals surface area (Å²) >= 11 is 6.08. The molecule has 27 heavy (non-hydrogen) atoms. The van der Waals surface area contributed by atoms with Gasteiger partial charge in [0.2, 0.25) is 0 Å². The third-order valence-electron chi connectivity index (χ3n) is 3.94. The number of aliphatic imine (C=N–C) groups is 1. The molecule has 0 saturated carbocycles. The maximum Gasteiger partial charge on any atom is 0.198 e. The third-order valence-corrected chi connectivity index (χ3v) is 4.13. The molecule has 3 aromatic rings. The lowest BCUT2D eigenvalue weighted by molar-refractivity contribution is 0.241. The van der Waals surface area contributed by atoms with Crippen LogP contribution in [0.15, 0.2) is 78.0 Å². The molecule has 0 radical (unpaired) electrons. The van der Waals surface area contributed by atoms with Gasteiger partial charge in [-0.3, -0.25) is 9.88 Å². The highest BCUT2D eigenvalue weighted by atomic mass is 35.5. The van der Waals surface area contributed by atoms with E-state index in [1.165, 1.54) is 0 Å². The van der Waals surface area contributed by atoms with Gasteiger partial charge in [-0.05, 0) is 30.7 Å². The summed E-state index contributed by atoms with van der Waals surface area (Å²) in [6, 6.07) is 21.8. The zero-order valence-electron chi connectivity index (χ0n) is 15.0. The van der Waals surface area contributed by atoms with E-state index < -0.39 is 0 Å². The van der Waals surface area contributed by atoms with Crippen molar-refractivity contribution in [2.75, 3.05) is 11.9 Å². The van der Waals surface area contributed by atoms with Crippen LogP contribution < -0.4 is 10.6 Å². The number of hydrogen-bond donors (Lipinski definition) is 3. The minimum Gasteiger partial charge on any atom is -0.395 e. The number of anilines is 1. The number of hydrogen-bond acceptors (Lipinski definition) is 5. The van der Waals surface area contributed by atoms with Crippen LogP contribution in [0.3, 0.4) is 0 Å². The molecule has 2 aromatic carbocycles. The predicted octanol–water partition coefficient (Wildman–Crippen LogP) is 3.55. The summed E-state index contributed by atoms with van der Waals surface area (Å²) in [5.41, 5.74) is 1.74. The van der Waals surface area contributed by atoms with Crippen molar-refractivity contribution < 1.29 is 5.11 Å². The van der Waals surface area contributed by atoms with Gasteiger partial charge in [-0.25, -0.2) is 9.98 Å². The second kappa shape index (κ2) is 9.32. The predicted molar refractivity (Wildman–Crippen MR) is 109 cm³/mol. The summed E-state index contributed by atoms with van der Waals surface area (Å²) in [5, 5.41) is 15.7. The van der Waals surface area contributed by atoms with Crippen LogP contribution in [0.5, 0.6) is 0 Å². The monoisotopic (exact) mass is 383 g/mol. The molecule has 0 bridgehead atoms. The number of imidazole rings is 1. The Bertz CT molecular complexity index is 840. The zero-order valence-corrected chi connectivity index (χ0v) is 15.7. The van der Waals surface area contributed by atoms with E-state index in [0.717, 1.165) is 17.2 Å². The molecule has 1 unspecified atom stereocenters. The molecule has 0 saturated heterocycles. The summed E-state index contributed by atoms with van der Waals surface area (Å²) in [6.07, 6.45) is 1.36. The fourth-order valence-corrected chi connectivity index (χ4v) is 2.79. The third kappa shape index (κ3) is 4.95. The Morgan fingerprint density at radius 3 is 2.30 bits per heavy atom. The van der Waals surface area contributed by atoms with Gasteiger partial charge in [0, 0.05) is 11.7 Å². The number of benzene rings is 2. The molecule has 0 spiro atoms. The highest BCUT2D eigenvalue weighted by Crippen LogP contribution is 2.30. The number of fused-ring (bicyclic) bond motifs is 1. The van der Waals surface area contributed by atoms with Gasteiger partial charge < -0.3 is 10.4 Å². The van der Waals surface area contributed by atoms with E-state index in [4.69, 9.17) is 11.6 Å². The van der Waals surface area contributed by atoms with Crippen molar-refractivity contribution in [2.45, 2.75) is 19.1 Å². The number of rotatable bonds is 4. The molecule has 2 heterocycles. The Balaban J connectivity index is 0.000000299. The first-order valence-corrected chi connectivity index (χ1v) is 9.06. The zero-order chi connectivity index (χ0) is 19.1. The summed E-state index contributed by atoms with van der Waals surface area (Å²) in [6.45, 7) is 1.89. The number of aromatic nitrogens is 2. The Hall–Kier alpha value is -2.67. The van der Waals surface area contributed by atoms with Crippen molar-refractivity contribution in [2.24, 2.45) is 4.99 Å². The molecule has 1 aliphatic heterocycles.